The molecule has 0 spiro atoms. The summed E-state index contributed by atoms with van der Waals surface area (Å²) in [6.45, 7) is 9.23. The molecule has 1 aliphatic heterocycles. The molecule has 2 fully saturated rings. The van der Waals surface area contributed by atoms with E-state index in [0.717, 1.165) is 18.4 Å². The second-order valence-corrected chi connectivity index (χ2v) is 7.91. The van der Waals surface area contributed by atoms with Gasteiger partial charge in [0.2, 0.25) is 0 Å². The van der Waals surface area contributed by atoms with E-state index in [9.17, 15) is 5.11 Å². The second kappa shape index (κ2) is 7.94. The average Bonchev–Trinajstić information content (AvgIpc) is 3.07. The molecule has 2 atom stereocenters. The number of rotatable bonds is 8. The molecule has 0 aromatic rings. The van der Waals surface area contributed by atoms with Crippen LogP contribution in [0.4, 0.5) is 0 Å². The van der Waals surface area contributed by atoms with E-state index < -0.39 is 0 Å². The fourth-order valence-electron chi connectivity index (χ4n) is 4.57. The molecule has 1 saturated carbocycles. The Kier molecular flexibility index (Phi) is 6.51. The van der Waals surface area contributed by atoms with Gasteiger partial charge in [-0.2, -0.15) is 0 Å². The van der Waals surface area contributed by atoms with Crippen molar-refractivity contribution in [2.75, 3.05) is 19.7 Å². The summed E-state index contributed by atoms with van der Waals surface area (Å²) in [7, 11) is 0. The SMILES string of the molecule is CC(C)NC(C)(CO)CCCN1CCCC1C1CCCC1. The van der Waals surface area contributed by atoms with Crippen LogP contribution in [0.2, 0.25) is 0 Å². The molecule has 21 heavy (non-hydrogen) atoms. The van der Waals surface area contributed by atoms with Crippen LogP contribution in [0.15, 0.2) is 0 Å². The molecule has 3 heteroatoms. The van der Waals surface area contributed by atoms with Gasteiger partial charge in [0, 0.05) is 17.6 Å². The van der Waals surface area contributed by atoms with Crippen molar-refractivity contribution in [3.63, 3.8) is 0 Å². The summed E-state index contributed by atoms with van der Waals surface area (Å²) in [5.41, 5.74) is -0.114. The van der Waals surface area contributed by atoms with Gasteiger partial charge in [-0.25, -0.2) is 0 Å². The zero-order valence-electron chi connectivity index (χ0n) is 14.4. The Morgan fingerprint density at radius 3 is 2.52 bits per heavy atom. The van der Waals surface area contributed by atoms with Crippen molar-refractivity contribution in [2.45, 2.75) is 89.8 Å². The summed E-state index contributed by atoms with van der Waals surface area (Å²) in [6, 6.07) is 1.30. The number of aliphatic hydroxyl groups is 1. The molecule has 0 radical (unpaired) electrons. The predicted molar refractivity (Wildman–Crippen MR) is 89.5 cm³/mol. The van der Waals surface area contributed by atoms with Crippen molar-refractivity contribution in [1.29, 1.82) is 0 Å². The van der Waals surface area contributed by atoms with Crippen LogP contribution in [-0.2, 0) is 0 Å². The Morgan fingerprint density at radius 1 is 1.19 bits per heavy atom. The first kappa shape index (κ1) is 17.2. The Morgan fingerprint density at radius 2 is 1.90 bits per heavy atom. The van der Waals surface area contributed by atoms with Gasteiger partial charge in [0.05, 0.1) is 6.61 Å². The van der Waals surface area contributed by atoms with E-state index in [-0.39, 0.29) is 12.1 Å². The molecule has 1 aliphatic carbocycles. The third-order valence-electron chi connectivity index (χ3n) is 5.52. The standard InChI is InChI=1S/C18H36N2O/c1-15(2)19-18(3,14-21)11-7-13-20-12-6-10-17(20)16-8-4-5-9-16/h15-17,19,21H,4-14H2,1-3H3. The molecule has 2 N–H and O–H groups in total. The third-order valence-corrected chi connectivity index (χ3v) is 5.52. The number of nitrogens with one attached hydrogen (secondary N) is 1. The smallest absolute Gasteiger partial charge is 0.0610 e. The first-order valence-electron chi connectivity index (χ1n) is 9.17. The second-order valence-electron chi connectivity index (χ2n) is 7.91. The third kappa shape index (κ3) is 4.94. The van der Waals surface area contributed by atoms with Crippen LogP contribution < -0.4 is 5.32 Å². The van der Waals surface area contributed by atoms with E-state index >= 15 is 0 Å². The number of likely N-dealkylation sites (tertiary alicyclic amines) is 1. The highest BCUT2D eigenvalue weighted by Gasteiger charge is 2.33. The highest BCUT2D eigenvalue weighted by atomic mass is 16.3. The van der Waals surface area contributed by atoms with Gasteiger partial charge in [0.15, 0.2) is 0 Å². The van der Waals surface area contributed by atoms with Gasteiger partial charge < -0.3 is 15.3 Å². The Labute approximate surface area is 131 Å². The van der Waals surface area contributed by atoms with Gasteiger partial charge in [0.1, 0.15) is 0 Å². The molecule has 0 aromatic heterocycles. The van der Waals surface area contributed by atoms with E-state index in [1.807, 2.05) is 0 Å². The Bertz CT molecular complexity index is 302. The molecule has 3 nitrogen and oxygen atoms in total. The lowest BCUT2D eigenvalue weighted by Crippen LogP contribution is -2.49. The maximum Gasteiger partial charge on any atom is 0.0610 e. The van der Waals surface area contributed by atoms with Crippen molar-refractivity contribution in [2.24, 2.45) is 5.92 Å². The number of hydrogen-bond donors (Lipinski definition) is 2. The lowest BCUT2D eigenvalue weighted by Gasteiger charge is -2.33. The molecule has 1 saturated heterocycles. The fourth-order valence-corrected chi connectivity index (χ4v) is 4.57. The first-order valence-corrected chi connectivity index (χ1v) is 9.17. The number of hydrogen-bond acceptors (Lipinski definition) is 3. The highest BCUT2D eigenvalue weighted by molar-refractivity contribution is 4.89. The van der Waals surface area contributed by atoms with Gasteiger partial charge >= 0.3 is 0 Å². The van der Waals surface area contributed by atoms with Crippen molar-refractivity contribution in [3.8, 4) is 0 Å². The molecule has 0 amide bonds. The minimum atomic E-state index is -0.114. The van der Waals surface area contributed by atoms with Crippen LogP contribution >= 0.6 is 0 Å². The summed E-state index contributed by atoms with van der Waals surface area (Å²) in [6.07, 6.45) is 10.9. The largest absolute Gasteiger partial charge is 0.394 e. The van der Waals surface area contributed by atoms with E-state index in [4.69, 9.17) is 0 Å². The van der Waals surface area contributed by atoms with E-state index in [1.165, 1.54) is 58.0 Å². The molecule has 2 rings (SSSR count). The number of aliphatic hydroxyl groups excluding tert-OH is 1. The van der Waals surface area contributed by atoms with Gasteiger partial charge in [-0.3, -0.25) is 0 Å². The zero-order valence-corrected chi connectivity index (χ0v) is 14.4. The summed E-state index contributed by atoms with van der Waals surface area (Å²) in [5.74, 6) is 0.977. The van der Waals surface area contributed by atoms with Crippen LogP contribution in [0.5, 0.6) is 0 Å². The van der Waals surface area contributed by atoms with E-state index in [0.29, 0.717) is 6.04 Å². The average molecular weight is 296 g/mol. The Balaban J connectivity index is 1.76. The summed E-state index contributed by atoms with van der Waals surface area (Å²) < 4.78 is 0. The topological polar surface area (TPSA) is 35.5 Å². The molecule has 1 heterocycles. The minimum Gasteiger partial charge on any atom is -0.394 e. The zero-order chi connectivity index (χ0) is 15.3. The molecular formula is C18H36N2O. The van der Waals surface area contributed by atoms with E-state index in [1.54, 1.807) is 0 Å². The maximum absolute atomic E-state index is 9.67. The van der Waals surface area contributed by atoms with Crippen LogP contribution in [-0.4, -0.2) is 47.3 Å². The van der Waals surface area contributed by atoms with Gasteiger partial charge in [-0.15, -0.1) is 0 Å². The first-order chi connectivity index (χ1) is 10.0. The lowest BCUT2D eigenvalue weighted by atomic mass is 9.94. The van der Waals surface area contributed by atoms with Crippen molar-refractivity contribution in [3.05, 3.63) is 0 Å². The molecule has 0 bridgehead atoms. The number of nitrogens with zero attached hydrogens (tertiary/aromatic N) is 1. The quantitative estimate of drug-likeness (QED) is 0.722. The maximum atomic E-state index is 9.67. The summed E-state index contributed by atoms with van der Waals surface area (Å²) >= 11 is 0. The van der Waals surface area contributed by atoms with Crippen LogP contribution in [0, 0.1) is 5.92 Å². The van der Waals surface area contributed by atoms with Crippen molar-refractivity contribution in [1.82, 2.24) is 10.2 Å². The molecule has 2 aliphatic rings. The van der Waals surface area contributed by atoms with Crippen LogP contribution in [0.3, 0.4) is 0 Å². The van der Waals surface area contributed by atoms with E-state index in [2.05, 4.69) is 31.0 Å². The molecule has 0 aromatic carbocycles. The van der Waals surface area contributed by atoms with Crippen LogP contribution in [0.25, 0.3) is 0 Å². The van der Waals surface area contributed by atoms with Gasteiger partial charge in [-0.05, 0) is 64.5 Å². The van der Waals surface area contributed by atoms with Gasteiger partial charge in [0.25, 0.3) is 0 Å². The predicted octanol–water partition coefficient (Wildman–Crippen LogP) is 3.17. The lowest BCUT2D eigenvalue weighted by molar-refractivity contribution is 0.139. The molecule has 2 unspecified atom stereocenters. The summed E-state index contributed by atoms with van der Waals surface area (Å²) in [4.78, 5) is 2.75. The van der Waals surface area contributed by atoms with Gasteiger partial charge in [-0.1, -0.05) is 26.7 Å². The summed E-state index contributed by atoms with van der Waals surface area (Å²) in [5, 5.41) is 13.2. The molecule has 124 valence electrons. The Hall–Kier alpha value is -0.120. The van der Waals surface area contributed by atoms with Crippen molar-refractivity contribution < 1.29 is 5.11 Å². The van der Waals surface area contributed by atoms with Crippen molar-refractivity contribution >= 4 is 0 Å². The monoisotopic (exact) mass is 296 g/mol. The molecular weight excluding hydrogens is 260 g/mol. The minimum absolute atomic E-state index is 0.114. The highest BCUT2D eigenvalue weighted by Crippen LogP contribution is 2.35. The van der Waals surface area contributed by atoms with Crippen LogP contribution in [0.1, 0.15) is 72.1 Å². The fraction of sp³-hybridized carbons (Fsp3) is 1.00. The normalized spacial score (nSPS) is 27.6.